The third kappa shape index (κ3) is 4.95. The van der Waals surface area contributed by atoms with Crippen LogP contribution in [0, 0.1) is 0 Å². The molecule has 1 amide bonds. The molecule has 0 saturated heterocycles. The standard InChI is InChI=1S/C20H23NO4S/c1-4-26(24,25)17-10-11-19(22)18(13-17)21-20(23)12-7-15-5-8-16(9-6-15)14(2)3/h5-14,22H,4H2,1-3H3,(H,21,23)/b12-7+. The van der Waals surface area contributed by atoms with E-state index < -0.39 is 15.7 Å². The monoisotopic (exact) mass is 373 g/mol. The molecule has 0 aliphatic carbocycles. The van der Waals surface area contributed by atoms with Crippen molar-refractivity contribution >= 4 is 27.5 Å². The first-order chi connectivity index (χ1) is 12.2. The molecule has 6 heteroatoms. The second-order valence-corrected chi connectivity index (χ2v) is 8.50. The second kappa shape index (κ2) is 8.19. The van der Waals surface area contributed by atoms with Gasteiger partial charge in [-0.05, 0) is 41.3 Å². The number of carbonyl (C=O) groups is 1. The molecule has 26 heavy (non-hydrogen) atoms. The van der Waals surface area contributed by atoms with Crippen molar-refractivity contribution in [2.45, 2.75) is 31.6 Å². The predicted molar refractivity (Wildman–Crippen MR) is 104 cm³/mol. The number of carbonyl (C=O) groups excluding carboxylic acids is 1. The molecule has 2 aromatic carbocycles. The Morgan fingerprint density at radius 1 is 1.15 bits per heavy atom. The van der Waals surface area contributed by atoms with Gasteiger partial charge in [0.15, 0.2) is 9.84 Å². The number of nitrogens with one attached hydrogen (secondary N) is 1. The molecule has 0 aliphatic rings. The number of hydrogen-bond donors (Lipinski definition) is 2. The summed E-state index contributed by atoms with van der Waals surface area (Å²) >= 11 is 0. The van der Waals surface area contributed by atoms with Gasteiger partial charge < -0.3 is 10.4 Å². The van der Waals surface area contributed by atoms with Gasteiger partial charge in [-0.2, -0.15) is 0 Å². The van der Waals surface area contributed by atoms with Gasteiger partial charge in [0.25, 0.3) is 0 Å². The van der Waals surface area contributed by atoms with Crippen LogP contribution in [-0.4, -0.2) is 25.2 Å². The van der Waals surface area contributed by atoms with E-state index >= 15 is 0 Å². The zero-order valence-corrected chi connectivity index (χ0v) is 15.9. The van der Waals surface area contributed by atoms with Crippen LogP contribution in [0.5, 0.6) is 5.75 Å². The zero-order chi connectivity index (χ0) is 19.3. The van der Waals surface area contributed by atoms with Crippen molar-refractivity contribution in [2.75, 3.05) is 11.1 Å². The summed E-state index contributed by atoms with van der Waals surface area (Å²) in [6.07, 6.45) is 2.99. The molecule has 0 radical (unpaired) electrons. The Morgan fingerprint density at radius 3 is 2.38 bits per heavy atom. The first-order valence-corrected chi connectivity index (χ1v) is 10.0. The summed E-state index contributed by atoms with van der Waals surface area (Å²) in [5, 5.41) is 12.4. The predicted octanol–water partition coefficient (Wildman–Crippen LogP) is 3.96. The summed E-state index contributed by atoms with van der Waals surface area (Å²) in [6, 6.07) is 11.7. The number of benzene rings is 2. The van der Waals surface area contributed by atoms with Crippen LogP contribution in [0.1, 0.15) is 37.8 Å². The lowest BCUT2D eigenvalue weighted by molar-refractivity contribution is -0.111. The number of phenols is 1. The van der Waals surface area contributed by atoms with Gasteiger partial charge in [-0.1, -0.05) is 45.0 Å². The molecule has 0 spiro atoms. The molecule has 0 unspecified atom stereocenters. The largest absolute Gasteiger partial charge is 0.506 e. The van der Waals surface area contributed by atoms with Crippen LogP contribution in [0.4, 0.5) is 5.69 Å². The Morgan fingerprint density at radius 2 is 1.81 bits per heavy atom. The summed E-state index contributed by atoms with van der Waals surface area (Å²) in [4.78, 5) is 12.1. The molecule has 2 aromatic rings. The average Bonchev–Trinajstić information content (AvgIpc) is 2.62. The Labute approximate surface area is 154 Å². The van der Waals surface area contributed by atoms with Gasteiger partial charge in [0.05, 0.1) is 16.3 Å². The summed E-state index contributed by atoms with van der Waals surface area (Å²) < 4.78 is 23.9. The van der Waals surface area contributed by atoms with E-state index in [4.69, 9.17) is 0 Å². The number of rotatable bonds is 6. The van der Waals surface area contributed by atoms with E-state index in [2.05, 4.69) is 19.2 Å². The molecule has 2 rings (SSSR count). The number of aromatic hydroxyl groups is 1. The lowest BCUT2D eigenvalue weighted by Crippen LogP contribution is -2.10. The van der Waals surface area contributed by atoms with Gasteiger partial charge in [0.2, 0.25) is 5.91 Å². The molecular formula is C20H23NO4S. The maximum absolute atomic E-state index is 12.1. The van der Waals surface area contributed by atoms with Crippen molar-refractivity contribution in [2.24, 2.45) is 0 Å². The maximum Gasteiger partial charge on any atom is 0.248 e. The molecule has 0 heterocycles. The normalized spacial score (nSPS) is 11.8. The second-order valence-electron chi connectivity index (χ2n) is 6.23. The van der Waals surface area contributed by atoms with Gasteiger partial charge in [-0.15, -0.1) is 0 Å². The molecule has 0 aliphatic heterocycles. The van der Waals surface area contributed by atoms with Crippen molar-refractivity contribution in [1.29, 1.82) is 0 Å². The van der Waals surface area contributed by atoms with Crippen LogP contribution >= 0.6 is 0 Å². The van der Waals surface area contributed by atoms with Crippen LogP contribution < -0.4 is 5.32 Å². The minimum absolute atomic E-state index is 0.0568. The third-order valence-electron chi connectivity index (χ3n) is 4.00. The van der Waals surface area contributed by atoms with Crippen molar-refractivity contribution in [3.8, 4) is 5.75 Å². The minimum Gasteiger partial charge on any atom is -0.506 e. The number of phenolic OH excluding ortho intramolecular Hbond substituents is 1. The van der Waals surface area contributed by atoms with E-state index in [1.54, 1.807) is 6.08 Å². The fourth-order valence-electron chi connectivity index (χ4n) is 2.31. The van der Waals surface area contributed by atoms with E-state index in [-0.39, 0.29) is 22.1 Å². The molecule has 5 nitrogen and oxygen atoms in total. The number of anilines is 1. The molecule has 0 bridgehead atoms. The Hall–Kier alpha value is -2.60. The van der Waals surface area contributed by atoms with Crippen LogP contribution in [-0.2, 0) is 14.6 Å². The van der Waals surface area contributed by atoms with E-state index in [1.165, 1.54) is 36.8 Å². The van der Waals surface area contributed by atoms with Crippen LogP contribution in [0.25, 0.3) is 6.08 Å². The average molecular weight is 373 g/mol. The lowest BCUT2D eigenvalue weighted by atomic mass is 10.0. The number of amides is 1. The zero-order valence-electron chi connectivity index (χ0n) is 15.1. The summed E-state index contributed by atoms with van der Waals surface area (Å²) in [6.45, 7) is 5.75. The SMILES string of the molecule is CCS(=O)(=O)c1ccc(O)c(NC(=O)/C=C/c2ccc(C(C)C)cc2)c1. The van der Waals surface area contributed by atoms with Gasteiger partial charge in [0.1, 0.15) is 5.75 Å². The maximum atomic E-state index is 12.1. The van der Waals surface area contributed by atoms with Crippen LogP contribution in [0.3, 0.4) is 0 Å². The summed E-state index contributed by atoms with van der Waals surface area (Å²) in [5.74, 6) is -0.273. The summed E-state index contributed by atoms with van der Waals surface area (Å²) in [5.41, 5.74) is 2.14. The van der Waals surface area contributed by atoms with E-state index in [0.29, 0.717) is 5.92 Å². The molecule has 138 valence electrons. The van der Waals surface area contributed by atoms with Crippen molar-refractivity contribution < 1.29 is 18.3 Å². The highest BCUT2D eigenvalue weighted by Crippen LogP contribution is 2.27. The van der Waals surface area contributed by atoms with E-state index in [9.17, 15) is 18.3 Å². The molecule has 0 saturated carbocycles. The quantitative estimate of drug-likeness (QED) is 0.593. The number of hydrogen-bond acceptors (Lipinski definition) is 4. The smallest absolute Gasteiger partial charge is 0.248 e. The third-order valence-corrected chi connectivity index (χ3v) is 5.73. The van der Waals surface area contributed by atoms with Crippen molar-refractivity contribution in [3.63, 3.8) is 0 Å². The Bertz CT molecular complexity index is 913. The van der Waals surface area contributed by atoms with Gasteiger partial charge in [-0.3, -0.25) is 4.79 Å². The fraction of sp³-hybridized carbons (Fsp3) is 0.250. The lowest BCUT2D eigenvalue weighted by Gasteiger charge is -2.08. The fourth-order valence-corrected chi connectivity index (χ4v) is 3.22. The highest BCUT2D eigenvalue weighted by molar-refractivity contribution is 7.91. The summed E-state index contributed by atoms with van der Waals surface area (Å²) in [7, 11) is -3.42. The molecule has 2 N–H and O–H groups in total. The van der Waals surface area contributed by atoms with Gasteiger partial charge in [0, 0.05) is 6.08 Å². The Kier molecular flexibility index (Phi) is 6.21. The molecular weight excluding hydrogens is 350 g/mol. The van der Waals surface area contributed by atoms with E-state index in [1.807, 2.05) is 24.3 Å². The molecule has 0 aromatic heterocycles. The Balaban J connectivity index is 2.13. The first kappa shape index (κ1) is 19.7. The van der Waals surface area contributed by atoms with E-state index in [0.717, 1.165) is 5.56 Å². The van der Waals surface area contributed by atoms with Crippen molar-refractivity contribution in [3.05, 3.63) is 59.7 Å². The topological polar surface area (TPSA) is 83.5 Å². The highest BCUT2D eigenvalue weighted by atomic mass is 32.2. The van der Waals surface area contributed by atoms with Crippen molar-refractivity contribution in [1.82, 2.24) is 0 Å². The molecule has 0 fully saturated rings. The van der Waals surface area contributed by atoms with Gasteiger partial charge >= 0.3 is 0 Å². The highest BCUT2D eigenvalue weighted by Gasteiger charge is 2.14. The van der Waals surface area contributed by atoms with Crippen LogP contribution in [0.2, 0.25) is 0 Å². The van der Waals surface area contributed by atoms with Gasteiger partial charge in [-0.25, -0.2) is 8.42 Å². The number of sulfone groups is 1. The molecule has 0 atom stereocenters. The first-order valence-electron chi connectivity index (χ1n) is 8.37. The van der Waals surface area contributed by atoms with Crippen LogP contribution in [0.15, 0.2) is 53.4 Å². The minimum atomic E-state index is -3.42.